The summed E-state index contributed by atoms with van der Waals surface area (Å²) < 4.78 is 58.0. The Morgan fingerprint density at radius 2 is 1.94 bits per heavy atom. The Morgan fingerprint density at radius 3 is 2.44 bits per heavy atom. The van der Waals surface area contributed by atoms with E-state index < -0.39 is 29.5 Å². The first-order chi connectivity index (χ1) is 7.34. The highest BCUT2D eigenvalue weighted by Gasteiger charge is 2.35. The van der Waals surface area contributed by atoms with Crippen LogP contribution in [0.1, 0.15) is 5.56 Å². The molecule has 16 heavy (non-hydrogen) atoms. The number of ether oxygens (including phenoxy) is 2. The smallest absolute Gasteiger partial charge is 0.437 e. The van der Waals surface area contributed by atoms with Crippen LogP contribution in [0.15, 0.2) is 18.2 Å². The van der Waals surface area contributed by atoms with Crippen LogP contribution in [-0.4, -0.2) is 13.3 Å². The van der Waals surface area contributed by atoms with E-state index in [0.717, 1.165) is 7.11 Å². The van der Waals surface area contributed by atoms with Crippen LogP contribution in [0.4, 0.5) is 22.4 Å². The number of methoxy groups -OCH3 is 1. The number of benzene rings is 1. The molecule has 0 aliphatic heterocycles. The molecule has 0 heterocycles. The number of hydrogen-bond donors (Lipinski definition) is 0. The lowest BCUT2D eigenvalue weighted by molar-refractivity contribution is -0.138. The normalized spacial score (nSPS) is 11.1. The summed E-state index contributed by atoms with van der Waals surface area (Å²) in [5.74, 6) is -1.88. The quantitative estimate of drug-likeness (QED) is 0.428. The second-order valence-corrected chi connectivity index (χ2v) is 2.69. The zero-order valence-corrected chi connectivity index (χ0v) is 7.97. The van der Waals surface area contributed by atoms with Gasteiger partial charge in [-0.05, 0) is 12.1 Å². The maximum atomic E-state index is 12.7. The Bertz CT molecular complexity index is 400. The lowest BCUT2D eigenvalue weighted by Crippen LogP contribution is -2.13. The van der Waals surface area contributed by atoms with Gasteiger partial charge in [-0.25, -0.2) is 9.18 Å². The summed E-state index contributed by atoms with van der Waals surface area (Å²) in [5.41, 5.74) is -1.25. The van der Waals surface area contributed by atoms with Crippen LogP contribution in [0.2, 0.25) is 0 Å². The Balaban J connectivity index is 3.13. The summed E-state index contributed by atoms with van der Waals surface area (Å²) in [5, 5.41) is 0. The van der Waals surface area contributed by atoms with Crippen molar-refractivity contribution in [3.05, 3.63) is 29.6 Å². The Morgan fingerprint density at radius 1 is 1.31 bits per heavy atom. The second kappa shape index (κ2) is 4.38. The van der Waals surface area contributed by atoms with Gasteiger partial charge in [-0.2, -0.15) is 13.2 Å². The van der Waals surface area contributed by atoms with E-state index >= 15 is 0 Å². The van der Waals surface area contributed by atoms with Crippen LogP contribution >= 0.6 is 0 Å². The third kappa shape index (κ3) is 2.85. The van der Waals surface area contributed by atoms with Crippen LogP contribution in [0.5, 0.6) is 5.75 Å². The van der Waals surface area contributed by atoms with Gasteiger partial charge in [-0.1, -0.05) is 0 Å². The fourth-order valence-electron chi connectivity index (χ4n) is 0.946. The lowest BCUT2D eigenvalue weighted by atomic mass is 10.2. The van der Waals surface area contributed by atoms with E-state index in [1.807, 2.05) is 0 Å². The zero-order valence-electron chi connectivity index (χ0n) is 7.97. The summed E-state index contributed by atoms with van der Waals surface area (Å²) in [6.07, 6.45) is -6.09. The fraction of sp³-hybridized carbons (Fsp3) is 0.222. The number of halogens is 4. The Labute approximate surface area is 87.6 Å². The van der Waals surface area contributed by atoms with Gasteiger partial charge in [-0.15, -0.1) is 0 Å². The molecular weight excluding hydrogens is 232 g/mol. The van der Waals surface area contributed by atoms with Crippen molar-refractivity contribution < 1.29 is 31.8 Å². The lowest BCUT2D eigenvalue weighted by Gasteiger charge is -2.11. The van der Waals surface area contributed by atoms with Crippen LogP contribution in [0.25, 0.3) is 0 Å². The highest BCUT2D eigenvalue weighted by molar-refractivity contribution is 5.64. The van der Waals surface area contributed by atoms with E-state index in [-0.39, 0.29) is 0 Å². The molecular formula is C9H6F4O3. The molecule has 0 atom stereocenters. The number of hydrogen-bond acceptors (Lipinski definition) is 3. The molecule has 0 saturated carbocycles. The molecule has 0 bridgehead atoms. The molecule has 0 aliphatic rings. The maximum Gasteiger partial charge on any atom is 0.513 e. The summed E-state index contributed by atoms with van der Waals surface area (Å²) in [6.45, 7) is 0. The third-order valence-electron chi connectivity index (χ3n) is 1.61. The zero-order chi connectivity index (χ0) is 12.3. The molecule has 0 amide bonds. The van der Waals surface area contributed by atoms with Crippen molar-refractivity contribution in [2.45, 2.75) is 6.18 Å². The predicted octanol–water partition coefficient (Wildman–Crippen LogP) is 2.99. The first kappa shape index (κ1) is 12.3. The molecule has 7 heteroatoms. The van der Waals surface area contributed by atoms with Crippen LogP contribution in [-0.2, 0) is 10.9 Å². The molecule has 1 aromatic carbocycles. The SMILES string of the molecule is COC(=O)Oc1cc(F)ccc1C(F)(F)F. The van der Waals surface area contributed by atoms with Crippen molar-refractivity contribution in [2.75, 3.05) is 7.11 Å². The predicted molar refractivity (Wildman–Crippen MR) is 44.4 cm³/mol. The van der Waals surface area contributed by atoms with Gasteiger partial charge in [0, 0.05) is 6.07 Å². The van der Waals surface area contributed by atoms with Gasteiger partial charge in [-0.3, -0.25) is 0 Å². The fourth-order valence-corrected chi connectivity index (χ4v) is 0.946. The van der Waals surface area contributed by atoms with E-state index in [2.05, 4.69) is 9.47 Å². The van der Waals surface area contributed by atoms with Crippen molar-refractivity contribution in [3.63, 3.8) is 0 Å². The molecule has 0 N–H and O–H groups in total. The van der Waals surface area contributed by atoms with Gasteiger partial charge in [0.25, 0.3) is 0 Å². The third-order valence-corrected chi connectivity index (χ3v) is 1.61. The minimum Gasteiger partial charge on any atom is -0.437 e. The molecule has 0 unspecified atom stereocenters. The Hall–Kier alpha value is -1.79. The van der Waals surface area contributed by atoms with Crippen LogP contribution in [0.3, 0.4) is 0 Å². The molecule has 0 aromatic heterocycles. The van der Waals surface area contributed by atoms with Crippen molar-refractivity contribution in [2.24, 2.45) is 0 Å². The molecule has 0 fully saturated rings. The molecule has 0 spiro atoms. The standard InChI is InChI=1S/C9H6F4O3/c1-15-8(14)16-7-4-5(10)2-3-6(7)9(11,12)13/h2-4H,1H3. The van der Waals surface area contributed by atoms with Crippen LogP contribution in [0, 0.1) is 5.82 Å². The Kier molecular flexibility index (Phi) is 3.36. The minimum absolute atomic E-state index is 0.458. The average Bonchev–Trinajstić information content (AvgIpc) is 2.15. The number of carbonyl (C=O) groups is 1. The first-order valence-electron chi connectivity index (χ1n) is 3.97. The average molecular weight is 238 g/mol. The largest absolute Gasteiger partial charge is 0.513 e. The maximum absolute atomic E-state index is 12.7. The van der Waals surface area contributed by atoms with E-state index in [1.165, 1.54) is 0 Å². The van der Waals surface area contributed by atoms with Gasteiger partial charge in [0.1, 0.15) is 11.6 Å². The van der Waals surface area contributed by atoms with E-state index in [9.17, 15) is 22.4 Å². The summed E-state index contributed by atoms with van der Waals surface area (Å²) >= 11 is 0. The van der Waals surface area contributed by atoms with Crippen molar-refractivity contribution >= 4 is 6.16 Å². The van der Waals surface area contributed by atoms with E-state index in [1.54, 1.807) is 0 Å². The molecule has 1 rings (SSSR count). The summed E-state index contributed by atoms with van der Waals surface area (Å²) in [7, 11) is 0.925. The first-order valence-corrected chi connectivity index (χ1v) is 3.97. The monoisotopic (exact) mass is 238 g/mol. The van der Waals surface area contributed by atoms with Crippen molar-refractivity contribution in [3.8, 4) is 5.75 Å². The van der Waals surface area contributed by atoms with Crippen LogP contribution < -0.4 is 4.74 Å². The summed E-state index contributed by atoms with van der Waals surface area (Å²) in [6, 6.07) is 1.56. The molecule has 1 aromatic rings. The molecule has 0 aliphatic carbocycles. The summed E-state index contributed by atoms with van der Waals surface area (Å²) in [4.78, 5) is 10.6. The highest BCUT2D eigenvalue weighted by Crippen LogP contribution is 2.36. The molecule has 88 valence electrons. The highest BCUT2D eigenvalue weighted by atomic mass is 19.4. The molecule has 3 nitrogen and oxygen atoms in total. The molecule has 0 radical (unpaired) electrons. The van der Waals surface area contributed by atoms with Crippen molar-refractivity contribution in [1.82, 2.24) is 0 Å². The minimum atomic E-state index is -4.74. The van der Waals surface area contributed by atoms with Gasteiger partial charge in [0.15, 0.2) is 0 Å². The van der Waals surface area contributed by atoms with E-state index in [4.69, 9.17) is 0 Å². The van der Waals surface area contributed by atoms with Gasteiger partial charge in [0.05, 0.1) is 12.7 Å². The number of alkyl halides is 3. The van der Waals surface area contributed by atoms with E-state index in [0.29, 0.717) is 18.2 Å². The second-order valence-electron chi connectivity index (χ2n) is 2.69. The number of carbonyl (C=O) groups excluding carboxylic acids is 1. The van der Waals surface area contributed by atoms with Crippen molar-refractivity contribution in [1.29, 1.82) is 0 Å². The van der Waals surface area contributed by atoms with Gasteiger partial charge < -0.3 is 9.47 Å². The number of rotatable bonds is 1. The molecule has 0 saturated heterocycles. The van der Waals surface area contributed by atoms with Gasteiger partial charge >= 0.3 is 12.3 Å². The topological polar surface area (TPSA) is 35.5 Å². The van der Waals surface area contributed by atoms with Gasteiger partial charge in [0.2, 0.25) is 0 Å².